The van der Waals surface area contributed by atoms with Crippen molar-refractivity contribution < 1.29 is 0 Å². The Morgan fingerprint density at radius 3 is 2.44 bits per heavy atom. The average molecular weight is 243 g/mol. The standard InChI is InChI=1S/C14H17N3O/c1-2-16-12-8-4-5-9-13(12)17(14(16)18)11-7-3-6-10-15/h4-5,8-9H,2-3,6-7,11H2,1H3. The smallest absolute Gasteiger partial charge is 0.292 e. The maximum absolute atomic E-state index is 12.2. The summed E-state index contributed by atoms with van der Waals surface area (Å²) in [5, 5.41) is 8.51. The van der Waals surface area contributed by atoms with Crippen molar-refractivity contribution in [2.75, 3.05) is 0 Å². The second kappa shape index (κ2) is 5.54. The summed E-state index contributed by atoms with van der Waals surface area (Å²) in [7, 11) is 0. The van der Waals surface area contributed by atoms with Crippen molar-refractivity contribution in [2.24, 2.45) is 0 Å². The van der Waals surface area contributed by atoms with Crippen LogP contribution in [0.4, 0.5) is 0 Å². The van der Waals surface area contributed by atoms with Gasteiger partial charge < -0.3 is 0 Å². The molecule has 2 aromatic rings. The van der Waals surface area contributed by atoms with Gasteiger partial charge in [-0.25, -0.2) is 4.79 Å². The van der Waals surface area contributed by atoms with Crippen molar-refractivity contribution in [3.05, 3.63) is 34.7 Å². The zero-order valence-electron chi connectivity index (χ0n) is 10.6. The molecule has 94 valence electrons. The zero-order chi connectivity index (χ0) is 13.0. The number of rotatable bonds is 5. The number of hydrogen-bond acceptors (Lipinski definition) is 2. The third-order valence-electron chi connectivity index (χ3n) is 3.16. The number of aryl methyl sites for hydroxylation is 2. The van der Waals surface area contributed by atoms with Crippen LogP contribution in [0, 0.1) is 11.3 Å². The molecule has 0 fully saturated rings. The Morgan fingerprint density at radius 2 is 1.83 bits per heavy atom. The second-order valence-electron chi connectivity index (χ2n) is 4.28. The summed E-state index contributed by atoms with van der Waals surface area (Å²) in [6.45, 7) is 3.35. The average Bonchev–Trinajstić information content (AvgIpc) is 2.67. The van der Waals surface area contributed by atoms with Crippen molar-refractivity contribution in [3.8, 4) is 6.07 Å². The van der Waals surface area contributed by atoms with E-state index in [0.717, 1.165) is 23.9 Å². The van der Waals surface area contributed by atoms with Crippen LogP contribution in [0.25, 0.3) is 11.0 Å². The van der Waals surface area contributed by atoms with E-state index >= 15 is 0 Å². The lowest BCUT2D eigenvalue weighted by atomic mass is 10.2. The number of nitrogens with zero attached hydrogens (tertiary/aromatic N) is 3. The molecule has 0 atom stereocenters. The van der Waals surface area contributed by atoms with E-state index in [-0.39, 0.29) is 5.69 Å². The molecule has 0 amide bonds. The largest absolute Gasteiger partial charge is 0.329 e. The molecule has 18 heavy (non-hydrogen) atoms. The third kappa shape index (κ3) is 2.17. The molecule has 0 saturated carbocycles. The van der Waals surface area contributed by atoms with Gasteiger partial charge >= 0.3 is 5.69 Å². The topological polar surface area (TPSA) is 50.7 Å². The van der Waals surface area contributed by atoms with Gasteiger partial charge in [0, 0.05) is 19.5 Å². The Morgan fingerprint density at radius 1 is 1.17 bits per heavy atom. The Balaban J connectivity index is 2.35. The van der Waals surface area contributed by atoms with Crippen LogP contribution in [-0.2, 0) is 13.1 Å². The number of benzene rings is 1. The van der Waals surface area contributed by atoms with Crippen molar-refractivity contribution in [1.29, 1.82) is 5.26 Å². The summed E-state index contributed by atoms with van der Waals surface area (Å²) in [5.74, 6) is 0. The van der Waals surface area contributed by atoms with E-state index in [1.807, 2.05) is 35.8 Å². The highest BCUT2D eigenvalue weighted by atomic mass is 16.1. The molecule has 4 nitrogen and oxygen atoms in total. The van der Waals surface area contributed by atoms with Crippen molar-refractivity contribution in [2.45, 2.75) is 39.3 Å². The van der Waals surface area contributed by atoms with Crippen molar-refractivity contribution >= 4 is 11.0 Å². The van der Waals surface area contributed by atoms with Gasteiger partial charge in [-0.15, -0.1) is 0 Å². The van der Waals surface area contributed by atoms with E-state index in [1.165, 1.54) is 0 Å². The van der Waals surface area contributed by atoms with Gasteiger partial charge in [-0.1, -0.05) is 12.1 Å². The normalized spacial score (nSPS) is 10.7. The Hall–Kier alpha value is -2.02. The van der Waals surface area contributed by atoms with E-state index in [2.05, 4.69) is 6.07 Å². The SMILES string of the molecule is CCn1c(=O)n(CCCCC#N)c2ccccc21. The van der Waals surface area contributed by atoms with E-state index < -0.39 is 0 Å². The molecule has 0 bridgehead atoms. The first-order chi connectivity index (χ1) is 8.79. The summed E-state index contributed by atoms with van der Waals surface area (Å²) in [5.41, 5.74) is 2.03. The number of nitriles is 1. The van der Waals surface area contributed by atoms with Gasteiger partial charge in [0.1, 0.15) is 0 Å². The van der Waals surface area contributed by atoms with Gasteiger partial charge in [0.15, 0.2) is 0 Å². The Labute approximate surface area is 106 Å². The number of hydrogen-bond donors (Lipinski definition) is 0. The minimum Gasteiger partial charge on any atom is -0.292 e. The molecule has 1 aromatic heterocycles. The molecule has 2 rings (SSSR count). The van der Waals surface area contributed by atoms with E-state index in [9.17, 15) is 4.79 Å². The van der Waals surface area contributed by atoms with Crippen LogP contribution in [-0.4, -0.2) is 9.13 Å². The van der Waals surface area contributed by atoms with Crippen LogP contribution >= 0.6 is 0 Å². The lowest BCUT2D eigenvalue weighted by molar-refractivity contribution is 0.591. The van der Waals surface area contributed by atoms with Crippen LogP contribution in [0.1, 0.15) is 26.2 Å². The molecule has 0 aliphatic heterocycles. The van der Waals surface area contributed by atoms with Crippen LogP contribution < -0.4 is 5.69 Å². The molecule has 1 heterocycles. The summed E-state index contributed by atoms with van der Waals surface area (Å²) in [6, 6.07) is 9.99. The number of para-hydroxylation sites is 2. The Kier molecular flexibility index (Phi) is 3.83. The Bertz CT molecular complexity index is 631. The highest BCUT2D eigenvalue weighted by Gasteiger charge is 2.10. The van der Waals surface area contributed by atoms with Crippen molar-refractivity contribution in [3.63, 3.8) is 0 Å². The lowest BCUT2D eigenvalue weighted by Crippen LogP contribution is -2.23. The number of fused-ring (bicyclic) bond motifs is 1. The first-order valence-corrected chi connectivity index (χ1v) is 6.34. The van der Waals surface area contributed by atoms with Gasteiger partial charge in [0.05, 0.1) is 17.1 Å². The summed E-state index contributed by atoms with van der Waals surface area (Å²) < 4.78 is 3.61. The highest BCUT2D eigenvalue weighted by molar-refractivity contribution is 5.75. The van der Waals surface area contributed by atoms with E-state index in [0.29, 0.717) is 19.5 Å². The first-order valence-electron chi connectivity index (χ1n) is 6.34. The summed E-state index contributed by atoms with van der Waals surface area (Å²) in [6.07, 6.45) is 2.26. The molecular weight excluding hydrogens is 226 g/mol. The molecule has 0 aliphatic rings. The molecule has 4 heteroatoms. The first kappa shape index (κ1) is 12.4. The second-order valence-corrected chi connectivity index (χ2v) is 4.28. The minimum atomic E-state index is 0.0515. The number of aromatic nitrogens is 2. The summed E-state index contributed by atoms with van der Waals surface area (Å²) >= 11 is 0. The predicted octanol–water partition coefficient (Wildman–Crippen LogP) is 2.52. The van der Waals surface area contributed by atoms with Crippen LogP contribution in [0.3, 0.4) is 0 Å². The molecule has 0 spiro atoms. The van der Waals surface area contributed by atoms with Crippen molar-refractivity contribution in [1.82, 2.24) is 9.13 Å². The molecular formula is C14H17N3O. The molecule has 0 aliphatic carbocycles. The fourth-order valence-corrected chi connectivity index (χ4v) is 2.27. The quantitative estimate of drug-likeness (QED) is 0.758. The zero-order valence-corrected chi connectivity index (χ0v) is 10.6. The molecule has 0 radical (unpaired) electrons. The lowest BCUT2D eigenvalue weighted by Gasteiger charge is -2.01. The van der Waals surface area contributed by atoms with Gasteiger partial charge in [-0.05, 0) is 31.9 Å². The third-order valence-corrected chi connectivity index (χ3v) is 3.16. The van der Waals surface area contributed by atoms with Crippen LogP contribution in [0.2, 0.25) is 0 Å². The summed E-state index contributed by atoms with van der Waals surface area (Å²) in [4.78, 5) is 12.2. The monoisotopic (exact) mass is 243 g/mol. The molecule has 0 unspecified atom stereocenters. The number of unbranched alkanes of at least 4 members (excludes halogenated alkanes) is 2. The molecule has 0 N–H and O–H groups in total. The van der Waals surface area contributed by atoms with Gasteiger partial charge in [-0.2, -0.15) is 5.26 Å². The predicted molar refractivity (Wildman–Crippen MR) is 71.3 cm³/mol. The highest BCUT2D eigenvalue weighted by Crippen LogP contribution is 2.13. The van der Waals surface area contributed by atoms with E-state index in [1.54, 1.807) is 4.57 Å². The van der Waals surface area contributed by atoms with Gasteiger partial charge in [0.25, 0.3) is 0 Å². The van der Waals surface area contributed by atoms with Gasteiger partial charge in [-0.3, -0.25) is 9.13 Å². The fourth-order valence-electron chi connectivity index (χ4n) is 2.27. The number of imidazole rings is 1. The minimum absolute atomic E-state index is 0.0515. The van der Waals surface area contributed by atoms with E-state index in [4.69, 9.17) is 5.26 Å². The fraction of sp³-hybridized carbons (Fsp3) is 0.429. The molecule has 1 aromatic carbocycles. The van der Waals surface area contributed by atoms with Crippen LogP contribution in [0.5, 0.6) is 0 Å². The van der Waals surface area contributed by atoms with Gasteiger partial charge in [0.2, 0.25) is 0 Å². The van der Waals surface area contributed by atoms with Crippen LogP contribution in [0.15, 0.2) is 29.1 Å². The maximum Gasteiger partial charge on any atom is 0.329 e. The molecule has 0 saturated heterocycles. The maximum atomic E-state index is 12.2.